The van der Waals surface area contributed by atoms with Crippen molar-refractivity contribution >= 4 is 23.7 Å². The summed E-state index contributed by atoms with van der Waals surface area (Å²) >= 11 is 5.97. The zero-order valence-electron chi connectivity index (χ0n) is 9.14. The van der Waals surface area contributed by atoms with Crippen LogP contribution >= 0.6 is 11.6 Å². The van der Waals surface area contributed by atoms with Gasteiger partial charge < -0.3 is 4.84 Å². The van der Waals surface area contributed by atoms with Crippen molar-refractivity contribution in [2.45, 2.75) is 13.5 Å². The number of benzene rings is 1. The first-order valence-corrected chi connectivity index (χ1v) is 5.31. The van der Waals surface area contributed by atoms with Gasteiger partial charge in [0.05, 0.1) is 0 Å². The fourth-order valence-electron chi connectivity index (χ4n) is 1.56. The summed E-state index contributed by atoms with van der Waals surface area (Å²) in [4.78, 5) is 5.15. The molecule has 0 amide bonds. The van der Waals surface area contributed by atoms with Gasteiger partial charge in [0.25, 0.3) is 0 Å². The van der Waals surface area contributed by atoms with E-state index in [9.17, 15) is 0 Å². The number of fused-ring (bicyclic) bond motifs is 1. The maximum atomic E-state index is 5.97. The highest BCUT2D eigenvalue weighted by Crippen LogP contribution is 2.22. The van der Waals surface area contributed by atoms with Gasteiger partial charge in [-0.25, -0.2) is 5.01 Å². The molecule has 0 bridgehead atoms. The highest BCUT2D eigenvalue weighted by atomic mass is 35.5. The van der Waals surface area contributed by atoms with Crippen LogP contribution in [0.25, 0.3) is 0 Å². The Balaban J connectivity index is 2.43. The number of halogens is 1. The van der Waals surface area contributed by atoms with Gasteiger partial charge in [-0.2, -0.15) is 5.10 Å². The normalized spacial score (nSPS) is 14.3. The zero-order valence-corrected chi connectivity index (χ0v) is 9.90. The topological polar surface area (TPSA) is 37.2 Å². The Morgan fingerprint density at radius 2 is 2.38 bits per heavy atom. The van der Waals surface area contributed by atoms with Crippen LogP contribution in [0.5, 0.6) is 0 Å². The number of nitrogens with zero attached hydrogens (tertiary/aromatic N) is 3. The summed E-state index contributed by atoms with van der Waals surface area (Å²) in [5.74, 6) is 0.668. The van der Waals surface area contributed by atoms with Crippen LogP contribution in [-0.2, 0) is 11.4 Å². The Morgan fingerprint density at radius 3 is 3.12 bits per heavy atom. The molecule has 0 N–H and O–H groups in total. The van der Waals surface area contributed by atoms with Crippen molar-refractivity contribution in [2.24, 2.45) is 10.3 Å². The molecule has 16 heavy (non-hydrogen) atoms. The average molecular weight is 238 g/mol. The Bertz CT molecular complexity index is 457. The van der Waals surface area contributed by atoms with Crippen molar-refractivity contribution in [2.75, 3.05) is 7.05 Å². The number of amidine groups is 1. The van der Waals surface area contributed by atoms with E-state index in [4.69, 9.17) is 16.4 Å². The lowest BCUT2D eigenvalue weighted by atomic mass is 10.1. The molecule has 2 rings (SSSR count). The van der Waals surface area contributed by atoms with Gasteiger partial charge in [0.2, 0.25) is 0 Å². The maximum Gasteiger partial charge on any atom is 0.195 e. The van der Waals surface area contributed by atoms with Crippen molar-refractivity contribution in [3.8, 4) is 0 Å². The number of hydrogen-bond acceptors (Lipinski definition) is 4. The molecule has 84 valence electrons. The number of oxime groups is 1. The Labute approximate surface area is 99.1 Å². The van der Waals surface area contributed by atoms with E-state index < -0.39 is 0 Å². The fraction of sp³-hybridized carbons (Fsp3) is 0.273. The van der Waals surface area contributed by atoms with Crippen LogP contribution in [0.4, 0.5) is 0 Å². The third-order valence-electron chi connectivity index (χ3n) is 2.28. The van der Waals surface area contributed by atoms with E-state index in [-0.39, 0.29) is 0 Å². The molecule has 0 aliphatic carbocycles. The van der Waals surface area contributed by atoms with Gasteiger partial charge in [-0.15, -0.1) is 0 Å². The largest absolute Gasteiger partial charge is 0.389 e. The summed E-state index contributed by atoms with van der Waals surface area (Å²) in [6.45, 7) is 2.32. The van der Waals surface area contributed by atoms with Crippen LogP contribution in [0.3, 0.4) is 0 Å². The van der Waals surface area contributed by atoms with E-state index in [0.29, 0.717) is 17.5 Å². The highest BCUT2D eigenvalue weighted by molar-refractivity contribution is 6.31. The third-order valence-corrected chi connectivity index (χ3v) is 2.51. The van der Waals surface area contributed by atoms with Crippen LogP contribution in [-0.4, -0.2) is 24.1 Å². The van der Waals surface area contributed by atoms with Crippen LogP contribution in [0.2, 0.25) is 5.02 Å². The first-order valence-electron chi connectivity index (χ1n) is 4.93. The molecule has 1 aromatic rings. The first kappa shape index (κ1) is 11.0. The second-order valence-electron chi connectivity index (χ2n) is 3.39. The van der Waals surface area contributed by atoms with Crippen LogP contribution < -0.4 is 0 Å². The number of rotatable bonds is 1. The summed E-state index contributed by atoms with van der Waals surface area (Å²) in [5.41, 5.74) is 2.03. The number of hydrazone groups is 1. The molecule has 1 aliphatic rings. The monoisotopic (exact) mass is 237 g/mol. The summed E-state index contributed by atoms with van der Waals surface area (Å²) in [5, 5.41) is 10.5. The highest BCUT2D eigenvalue weighted by Gasteiger charge is 2.18. The Morgan fingerprint density at radius 1 is 1.56 bits per heavy atom. The van der Waals surface area contributed by atoms with E-state index in [0.717, 1.165) is 11.1 Å². The van der Waals surface area contributed by atoms with Crippen molar-refractivity contribution in [3.05, 3.63) is 34.3 Å². The van der Waals surface area contributed by atoms with Crippen LogP contribution in [0.15, 0.2) is 28.5 Å². The van der Waals surface area contributed by atoms with Gasteiger partial charge in [-0.3, -0.25) is 0 Å². The molecule has 0 saturated carbocycles. The lowest BCUT2D eigenvalue weighted by Crippen LogP contribution is -2.26. The Hall–Kier alpha value is -1.55. The molecule has 4 nitrogen and oxygen atoms in total. The zero-order chi connectivity index (χ0) is 11.5. The van der Waals surface area contributed by atoms with E-state index in [2.05, 4.69) is 10.3 Å². The van der Waals surface area contributed by atoms with Gasteiger partial charge in [0.1, 0.15) is 6.61 Å². The predicted molar refractivity (Wildman–Crippen MR) is 64.7 cm³/mol. The molecule has 1 aliphatic heterocycles. The van der Waals surface area contributed by atoms with Crippen molar-refractivity contribution < 1.29 is 4.84 Å². The molecule has 0 spiro atoms. The summed E-state index contributed by atoms with van der Waals surface area (Å²) in [6, 6.07) is 5.66. The first-order chi connectivity index (χ1) is 7.72. The summed E-state index contributed by atoms with van der Waals surface area (Å²) < 4.78 is 0. The van der Waals surface area contributed by atoms with Crippen molar-refractivity contribution in [1.82, 2.24) is 5.01 Å². The van der Waals surface area contributed by atoms with Gasteiger partial charge in [-0.1, -0.05) is 22.8 Å². The van der Waals surface area contributed by atoms with E-state index in [1.54, 1.807) is 11.2 Å². The van der Waals surface area contributed by atoms with Crippen LogP contribution in [0, 0.1) is 0 Å². The van der Waals surface area contributed by atoms with Crippen LogP contribution in [0.1, 0.15) is 18.1 Å². The second kappa shape index (κ2) is 4.53. The smallest absolute Gasteiger partial charge is 0.195 e. The number of hydrogen-bond donors (Lipinski definition) is 0. The van der Waals surface area contributed by atoms with E-state index in [1.807, 2.05) is 32.2 Å². The molecule has 0 saturated heterocycles. The predicted octanol–water partition coefficient (Wildman–Crippen LogP) is 2.47. The minimum absolute atomic E-state index is 0.472. The van der Waals surface area contributed by atoms with Gasteiger partial charge in [0.15, 0.2) is 5.84 Å². The third kappa shape index (κ3) is 2.02. The lowest BCUT2D eigenvalue weighted by molar-refractivity contribution is 0.121. The molecule has 0 aromatic heterocycles. The molecule has 5 heteroatoms. The SMILES string of the molecule is CC=NN(C)C1=NOCc2ccc(Cl)cc21. The van der Waals surface area contributed by atoms with Crippen molar-refractivity contribution in [3.63, 3.8) is 0 Å². The van der Waals surface area contributed by atoms with E-state index >= 15 is 0 Å². The quantitative estimate of drug-likeness (QED) is 0.556. The van der Waals surface area contributed by atoms with Crippen molar-refractivity contribution in [1.29, 1.82) is 0 Å². The minimum Gasteiger partial charge on any atom is -0.389 e. The molecular formula is C11H12ClN3O. The lowest BCUT2D eigenvalue weighted by Gasteiger charge is -2.21. The van der Waals surface area contributed by atoms with E-state index in [1.165, 1.54) is 0 Å². The average Bonchev–Trinajstić information content (AvgIpc) is 2.28. The molecular weight excluding hydrogens is 226 g/mol. The standard InChI is InChI=1S/C11H12ClN3O/c1-3-13-15(2)11-10-6-9(12)5-4-8(10)7-16-14-11/h3-6H,7H2,1-2H3. The molecule has 1 aromatic carbocycles. The van der Waals surface area contributed by atoms with Gasteiger partial charge in [0, 0.05) is 29.4 Å². The fourth-order valence-corrected chi connectivity index (χ4v) is 1.73. The molecule has 0 fully saturated rings. The summed E-state index contributed by atoms with van der Waals surface area (Å²) in [7, 11) is 1.82. The Kier molecular flexibility index (Phi) is 3.10. The maximum absolute atomic E-state index is 5.97. The molecule has 1 heterocycles. The van der Waals surface area contributed by atoms with Gasteiger partial charge >= 0.3 is 0 Å². The van der Waals surface area contributed by atoms with Gasteiger partial charge in [-0.05, 0) is 19.1 Å². The summed E-state index contributed by atoms with van der Waals surface area (Å²) in [6.07, 6.45) is 1.70. The molecule has 0 radical (unpaired) electrons. The molecule has 0 unspecified atom stereocenters. The molecule has 0 atom stereocenters. The minimum atomic E-state index is 0.472. The second-order valence-corrected chi connectivity index (χ2v) is 3.82.